The van der Waals surface area contributed by atoms with Gasteiger partial charge in [0.25, 0.3) is 5.91 Å². The van der Waals surface area contributed by atoms with Gasteiger partial charge in [0, 0.05) is 12.1 Å². The van der Waals surface area contributed by atoms with Crippen LogP contribution in [0.1, 0.15) is 29.1 Å². The Morgan fingerprint density at radius 2 is 1.94 bits per heavy atom. The molecule has 2 N–H and O–H groups in total. The number of thioether (sulfide) groups is 1. The Kier molecular flexibility index (Phi) is 8.98. The molecule has 2 aromatic carbocycles. The van der Waals surface area contributed by atoms with Crippen molar-refractivity contribution >= 4 is 52.5 Å². The zero-order chi connectivity index (χ0) is 24.7. The molecule has 178 valence electrons. The second-order valence-corrected chi connectivity index (χ2v) is 8.83. The lowest BCUT2D eigenvalue weighted by atomic mass is 10.2. The molecule has 1 aromatic heterocycles. The Morgan fingerprint density at radius 1 is 1.21 bits per heavy atom. The van der Waals surface area contributed by atoms with E-state index in [-0.39, 0.29) is 22.6 Å². The van der Waals surface area contributed by atoms with E-state index in [0.29, 0.717) is 39.5 Å². The topological polar surface area (TPSA) is 98.1 Å². The van der Waals surface area contributed by atoms with Gasteiger partial charge in [0.05, 0.1) is 34.6 Å². The Balaban J connectivity index is 1.66. The van der Waals surface area contributed by atoms with Crippen LogP contribution in [0.2, 0.25) is 10.0 Å². The van der Waals surface area contributed by atoms with E-state index >= 15 is 0 Å². The van der Waals surface area contributed by atoms with Crippen molar-refractivity contribution in [2.45, 2.75) is 24.7 Å². The smallest absolute Gasteiger partial charge is 0.251 e. The standard InChI is InChI=1S/C23H23Cl2N5O3S/c1-4-12-30-21(14(2)26-22(32)15-8-10-16(33-3)11-9-15)28-29-23(30)34-13-19(31)27-18-7-5-6-17(24)20(18)25/h4-11,14H,1,12-13H2,2-3H3,(H,26,32)(H,27,31)/t14-/m0/s1. The molecule has 0 aliphatic heterocycles. The van der Waals surface area contributed by atoms with Crippen molar-refractivity contribution in [3.05, 3.63) is 76.6 Å². The number of hydrogen-bond donors (Lipinski definition) is 2. The minimum Gasteiger partial charge on any atom is -0.497 e. The number of allylic oxidation sites excluding steroid dienone is 1. The molecule has 2 amide bonds. The summed E-state index contributed by atoms with van der Waals surface area (Å²) in [5.41, 5.74) is 0.927. The summed E-state index contributed by atoms with van der Waals surface area (Å²) < 4.78 is 6.92. The maximum atomic E-state index is 12.6. The van der Waals surface area contributed by atoms with Crippen LogP contribution < -0.4 is 15.4 Å². The second kappa shape index (κ2) is 11.9. The first-order valence-electron chi connectivity index (χ1n) is 10.2. The van der Waals surface area contributed by atoms with Crippen LogP contribution in [0.5, 0.6) is 5.75 Å². The third kappa shape index (κ3) is 6.31. The summed E-state index contributed by atoms with van der Waals surface area (Å²) in [6, 6.07) is 11.4. The average Bonchev–Trinajstić information content (AvgIpc) is 3.23. The van der Waals surface area contributed by atoms with Crippen LogP contribution >= 0.6 is 35.0 Å². The monoisotopic (exact) mass is 519 g/mol. The summed E-state index contributed by atoms with van der Waals surface area (Å²) >= 11 is 13.3. The van der Waals surface area contributed by atoms with E-state index in [1.165, 1.54) is 11.8 Å². The number of methoxy groups -OCH3 is 1. The first-order chi connectivity index (χ1) is 16.3. The first kappa shape index (κ1) is 25.6. The van der Waals surface area contributed by atoms with Crippen LogP contribution in [0, 0.1) is 0 Å². The third-order valence-electron chi connectivity index (χ3n) is 4.70. The van der Waals surface area contributed by atoms with E-state index in [2.05, 4.69) is 27.4 Å². The fraction of sp³-hybridized carbons (Fsp3) is 0.217. The SMILES string of the molecule is C=CCn1c(SCC(=O)Nc2cccc(Cl)c2Cl)nnc1[C@H](C)NC(=O)c1ccc(OC)cc1. The molecule has 0 saturated heterocycles. The van der Waals surface area contributed by atoms with Gasteiger partial charge in [-0.3, -0.25) is 9.59 Å². The van der Waals surface area contributed by atoms with Crippen molar-refractivity contribution in [1.29, 1.82) is 0 Å². The minimum absolute atomic E-state index is 0.0741. The molecule has 0 aliphatic carbocycles. The molecule has 0 aliphatic rings. The van der Waals surface area contributed by atoms with E-state index < -0.39 is 6.04 Å². The molecular formula is C23H23Cl2N5O3S. The highest BCUT2D eigenvalue weighted by molar-refractivity contribution is 7.99. The van der Waals surface area contributed by atoms with Crippen molar-refractivity contribution in [1.82, 2.24) is 20.1 Å². The zero-order valence-corrected chi connectivity index (χ0v) is 20.9. The van der Waals surface area contributed by atoms with Gasteiger partial charge in [0.2, 0.25) is 5.91 Å². The van der Waals surface area contributed by atoms with Gasteiger partial charge in [-0.05, 0) is 43.3 Å². The van der Waals surface area contributed by atoms with Crippen molar-refractivity contribution in [3.63, 3.8) is 0 Å². The Morgan fingerprint density at radius 3 is 2.62 bits per heavy atom. The first-order valence-corrected chi connectivity index (χ1v) is 11.9. The maximum absolute atomic E-state index is 12.6. The van der Waals surface area contributed by atoms with Crippen molar-refractivity contribution in [2.24, 2.45) is 0 Å². The quantitative estimate of drug-likeness (QED) is 0.288. The van der Waals surface area contributed by atoms with Crippen LogP contribution in [0.25, 0.3) is 0 Å². The maximum Gasteiger partial charge on any atom is 0.251 e. The summed E-state index contributed by atoms with van der Waals surface area (Å²) in [6.07, 6.45) is 1.70. The molecule has 34 heavy (non-hydrogen) atoms. The molecule has 11 heteroatoms. The molecule has 0 saturated carbocycles. The Labute approximate surface area is 211 Å². The summed E-state index contributed by atoms with van der Waals surface area (Å²) in [7, 11) is 1.56. The normalized spacial score (nSPS) is 11.5. The molecule has 8 nitrogen and oxygen atoms in total. The third-order valence-corrected chi connectivity index (χ3v) is 6.49. The van der Waals surface area contributed by atoms with Crippen LogP contribution in [0.4, 0.5) is 5.69 Å². The fourth-order valence-corrected chi connectivity index (χ4v) is 4.13. The van der Waals surface area contributed by atoms with Crippen molar-refractivity contribution in [2.75, 3.05) is 18.2 Å². The Bertz CT molecular complexity index is 1180. The number of halogens is 2. The lowest BCUT2D eigenvalue weighted by Gasteiger charge is -2.15. The molecule has 0 bridgehead atoms. The predicted octanol–water partition coefficient (Wildman–Crippen LogP) is 5.00. The summed E-state index contributed by atoms with van der Waals surface area (Å²) in [4.78, 5) is 25.1. The van der Waals surface area contributed by atoms with E-state index in [0.717, 1.165) is 0 Å². The molecule has 0 fully saturated rings. The summed E-state index contributed by atoms with van der Waals surface area (Å²) in [5.74, 6) is 0.756. The van der Waals surface area contributed by atoms with Gasteiger partial charge in [-0.1, -0.05) is 47.1 Å². The second-order valence-electron chi connectivity index (χ2n) is 7.10. The van der Waals surface area contributed by atoms with E-state index in [4.69, 9.17) is 27.9 Å². The molecule has 3 aromatic rings. The highest BCUT2D eigenvalue weighted by atomic mass is 35.5. The molecule has 0 spiro atoms. The van der Waals surface area contributed by atoms with Crippen LogP contribution in [0.3, 0.4) is 0 Å². The number of benzene rings is 2. The number of nitrogens with zero attached hydrogens (tertiary/aromatic N) is 3. The zero-order valence-electron chi connectivity index (χ0n) is 18.5. The van der Waals surface area contributed by atoms with Crippen LogP contribution in [-0.4, -0.2) is 39.4 Å². The van der Waals surface area contributed by atoms with Gasteiger partial charge in [0.15, 0.2) is 11.0 Å². The molecule has 0 unspecified atom stereocenters. The minimum atomic E-state index is -0.435. The number of carbonyl (C=O) groups is 2. The number of amides is 2. The largest absolute Gasteiger partial charge is 0.497 e. The van der Waals surface area contributed by atoms with E-state index in [9.17, 15) is 9.59 Å². The van der Waals surface area contributed by atoms with Crippen molar-refractivity contribution in [3.8, 4) is 5.75 Å². The van der Waals surface area contributed by atoms with E-state index in [1.807, 2.05) is 6.92 Å². The van der Waals surface area contributed by atoms with Crippen molar-refractivity contribution < 1.29 is 14.3 Å². The number of nitrogens with one attached hydrogen (secondary N) is 2. The van der Waals surface area contributed by atoms with Gasteiger partial charge in [-0.25, -0.2) is 0 Å². The van der Waals surface area contributed by atoms with Gasteiger partial charge < -0.3 is 19.9 Å². The average molecular weight is 520 g/mol. The van der Waals surface area contributed by atoms with Gasteiger partial charge >= 0.3 is 0 Å². The molecule has 0 radical (unpaired) electrons. The fourth-order valence-electron chi connectivity index (χ4n) is 3.03. The van der Waals surface area contributed by atoms with Gasteiger partial charge in [0.1, 0.15) is 5.75 Å². The summed E-state index contributed by atoms with van der Waals surface area (Å²) in [5, 5.41) is 15.2. The van der Waals surface area contributed by atoms with E-state index in [1.54, 1.807) is 60.2 Å². The highest BCUT2D eigenvalue weighted by Crippen LogP contribution is 2.30. The predicted molar refractivity (Wildman–Crippen MR) is 135 cm³/mol. The highest BCUT2D eigenvalue weighted by Gasteiger charge is 2.21. The summed E-state index contributed by atoms with van der Waals surface area (Å²) in [6.45, 7) is 6.00. The molecule has 1 atom stereocenters. The lowest BCUT2D eigenvalue weighted by Crippen LogP contribution is -2.28. The van der Waals surface area contributed by atoms with Crippen LogP contribution in [-0.2, 0) is 11.3 Å². The molecule has 1 heterocycles. The number of aromatic nitrogens is 3. The molecular weight excluding hydrogens is 497 g/mol. The van der Waals surface area contributed by atoms with Gasteiger partial charge in [-0.15, -0.1) is 16.8 Å². The lowest BCUT2D eigenvalue weighted by molar-refractivity contribution is -0.113. The van der Waals surface area contributed by atoms with Crippen LogP contribution in [0.15, 0.2) is 60.3 Å². The van der Waals surface area contributed by atoms with Gasteiger partial charge in [-0.2, -0.15) is 0 Å². The number of hydrogen-bond acceptors (Lipinski definition) is 6. The number of carbonyl (C=O) groups excluding carboxylic acids is 2. The number of rotatable bonds is 10. The Hall–Kier alpha value is -3.01. The molecule has 3 rings (SSSR count). The number of ether oxygens (including phenoxy) is 1. The number of anilines is 1.